The largest absolute Gasteiger partial charge is 0.383 e. The zero-order chi connectivity index (χ0) is 10.1. The van der Waals surface area contributed by atoms with Gasteiger partial charge in [0, 0.05) is 15.5 Å². The molecule has 0 fully saturated rings. The molecule has 0 unspecified atom stereocenters. The molecule has 0 saturated carbocycles. The first-order chi connectivity index (χ1) is 6.66. The van der Waals surface area contributed by atoms with Crippen LogP contribution in [0.25, 0.3) is 10.6 Å². The summed E-state index contributed by atoms with van der Waals surface area (Å²) in [5.74, 6) is 0.602. The van der Waals surface area contributed by atoms with E-state index in [9.17, 15) is 0 Å². The lowest BCUT2D eigenvalue weighted by atomic mass is 10.2. The SMILES string of the molecule is Cc1sc(-c2cccc(Cl)c2)nc1N. The summed E-state index contributed by atoms with van der Waals surface area (Å²) in [6, 6.07) is 7.61. The van der Waals surface area contributed by atoms with Crippen LogP contribution in [0.5, 0.6) is 0 Å². The van der Waals surface area contributed by atoms with E-state index in [4.69, 9.17) is 17.3 Å². The predicted octanol–water partition coefficient (Wildman–Crippen LogP) is 3.35. The molecule has 0 aliphatic carbocycles. The van der Waals surface area contributed by atoms with Gasteiger partial charge in [-0.05, 0) is 19.1 Å². The van der Waals surface area contributed by atoms with Crippen LogP contribution >= 0.6 is 22.9 Å². The van der Waals surface area contributed by atoms with Crippen molar-refractivity contribution in [3.05, 3.63) is 34.2 Å². The van der Waals surface area contributed by atoms with Crippen LogP contribution in [0.15, 0.2) is 24.3 Å². The van der Waals surface area contributed by atoms with E-state index in [1.165, 1.54) is 0 Å². The van der Waals surface area contributed by atoms with E-state index in [2.05, 4.69) is 4.98 Å². The van der Waals surface area contributed by atoms with Crippen LogP contribution in [0.4, 0.5) is 5.82 Å². The van der Waals surface area contributed by atoms with Gasteiger partial charge >= 0.3 is 0 Å². The Labute approximate surface area is 91.4 Å². The van der Waals surface area contributed by atoms with Crippen molar-refractivity contribution in [3.8, 4) is 10.6 Å². The Morgan fingerprint density at radius 1 is 1.43 bits per heavy atom. The summed E-state index contributed by atoms with van der Waals surface area (Å²) in [6.45, 7) is 1.96. The third-order valence-electron chi connectivity index (χ3n) is 1.90. The molecule has 2 nitrogen and oxygen atoms in total. The summed E-state index contributed by atoms with van der Waals surface area (Å²) < 4.78 is 0. The number of nitrogens with two attached hydrogens (primary N) is 1. The molecule has 0 saturated heterocycles. The third kappa shape index (κ3) is 1.74. The molecule has 0 spiro atoms. The van der Waals surface area contributed by atoms with Gasteiger partial charge in [0.25, 0.3) is 0 Å². The van der Waals surface area contributed by atoms with Crippen molar-refractivity contribution in [1.29, 1.82) is 0 Å². The zero-order valence-electron chi connectivity index (χ0n) is 7.62. The second-order valence-corrected chi connectivity index (χ2v) is 4.61. The molecule has 72 valence electrons. The average Bonchev–Trinajstić information content (AvgIpc) is 2.47. The number of anilines is 1. The quantitative estimate of drug-likeness (QED) is 0.807. The predicted molar refractivity (Wildman–Crippen MR) is 61.7 cm³/mol. The number of halogens is 1. The van der Waals surface area contributed by atoms with Crippen LogP contribution in [0.1, 0.15) is 4.88 Å². The molecule has 0 aliphatic rings. The molecule has 2 aromatic rings. The van der Waals surface area contributed by atoms with Crippen LogP contribution in [0, 0.1) is 6.92 Å². The van der Waals surface area contributed by atoms with Crippen LogP contribution in [-0.2, 0) is 0 Å². The number of nitrogens with zero attached hydrogens (tertiary/aromatic N) is 1. The minimum atomic E-state index is 0.602. The number of nitrogen functional groups attached to an aromatic ring is 1. The molecule has 1 aromatic carbocycles. The highest BCUT2D eigenvalue weighted by atomic mass is 35.5. The summed E-state index contributed by atoms with van der Waals surface area (Å²) in [6.07, 6.45) is 0. The third-order valence-corrected chi connectivity index (χ3v) is 3.17. The number of thiazole rings is 1. The Hall–Kier alpha value is -1.06. The van der Waals surface area contributed by atoms with Crippen LogP contribution < -0.4 is 5.73 Å². The maximum absolute atomic E-state index is 5.89. The molecule has 1 aromatic heterocycles. The van der Waals surface area contributed by atoms with Crippen molar-refractivity contribution < 1.29 is 0 Å². The second-order valence-electron chi connectivity index (χ2n) is 2.97. The fourth-order valence-corrected chi connectivity index (χ4v) is 2.17. The minimum Gasteiger partial charge on any atom is -0.383 e. The average molecular weight is 225 g/mol. The van der Waals surface area contributed by atoms with Gasteiger partial charge in [-0.1, -0.05) is 23.7 Å². The summed E-state index contributed by atoms with van der Waals surface area (Å²) in [4.78, 5) is 5.30. The normalized spacial score (nSPS) is 10.4. The lowest BCUT2D eigenvalue weighted by molar-refractivity contribution is 1.39. The molecule has 1 heterocycles. The number of rotatable bonds is 1. The van der Waals surface area contributed by atoms with E-state index >= 15 is 0 Å². The molecule has 2 N–H and O–H groups in total. The van der Waals surface area contributed by atoms with E-state index in [1.54, 1.807) is 11.3 Å². The highest BCUT2D eigenvalue weighted by Gasteiger charge is 2.06. The summed E-state index contributed by atoms with van der Waals surface area (Å²) in [5.41, 5.74) is 6.70. The van der Waals surface area contributed by atoms with Gasteiger partial charge in [0.1, 0.15) is 10.8 Å². The Bertz CT molecular complexity index is 445. The fraction of sp³-hybridized carbons (Fsp3) is 0.100. The number of hydrogen-bond acceptors (Lipinski definition) is 3. The van der Waals surface area contributed by atoms with E-state index in [-0.39, 0.29) is 0 Å². The Morgan fingerprint density at radius 3 is 2.79 bits per heavy atom. The highest BCUT2D eigenvalue weighted by Crippen LogP contribution is 2.29. The van der Waals surface area contributed by atoms with Crippen molar-refractivity contribution in [2.75, 3.05) is 5.73 Å². The summed E-state index contributed by atoms with van der Waals surface area (Å²) in [5, 5.41) is 1.64. The molecule has 0 aliphatic heterocycles. The molecule has 0 amide bonds. The Kier molecular flexibility index (Phi) is 2.44. The van der Waals surface area contributed by atoms with E-state index in [0.717, 1.165) is 15.4 Å². The van der Waals surface area contributed by atoms with Gasteiger partial charge in [0.15, 0.2) is 0 Å². The van der Waals surface area contributed by atoms with E-state index < -0.39 is 0 Å². The second kappa shape index (κ2) is 3.59. The standard InChI is InChI=1S/C10H9ClN2S/c1-6-9(12)13-10(14-6)7-3-2-4-8(11)5-7/h2-5H,12H2,1H3. The monoisotopic (exact) mass is 224 g/mol. The number of aryl methyl sites for hydroxylation is 1. The van der Waals surface area contributed by atoms with Gasteiger partial charge in [0.05, 0.1) is 0 Å². The van der Waals surface area contributed by atoms with Gasteiger partial charge in [-0.2, -0.15) is 0 Å². The maximum Gasteiger partial charge on any atom is 0.138 e. The molecule has 14 heavy (non-hydrogen) atoms. The molecule has 0 atom stereocenters. The topological polar surface area (TPSA) is 38.9 Å². The summed E-state index contributed by atoms with van der Waals surface area (Å²) >= 11 is 7.47. The van der Waals surface area contributed by atoms with Gasteiger partial charge in [-0.25, -0.2) is 4.98 Å². The van der Waals surface area contributed by atoms with Crippen molar-refractivity contribution in [2.45, 2.75) is 6.92 Å². The first-order valence-corrected chi connectivity index (χ1v) is 5.35. The van der Waals surface area contributed by atoms with Gasteiger partial charge in [-0.15, -0.1) is 11.3 Å². The van der Waals surface area contributed by atoms with Gasteiger partial charge in [-0.3, -0.25) is 0 Å². The zero-order valence-corrected chi connectivity index (χ0v) is 9.19. The van der Waals surface area contributed by atoms with Crippen LogP contribution in [-0.4, -0.2) is 4.98 Å². The summed E-state index contributed by atoms with van der Waals surface area (Å²) in [7, 11) is 0. The fourth-order valence-electron chi connectivity index (χ4n) is 1.15. The Morgan fingerprint density at radius 2 is 2.21 bits per heavy atom. The van der Waals surface area contributed by atoms with E-state index in [1.807, 2.05) is 31.2 Å². The number of benzene rings is 1. The van der Waals surface area contributed by atoms with Crippen molar-refractivity contribution in [2.24, 2.45) is 0 Å². The first kappa shape index (κ1) is 9.49. The van der Waals surface area contributed by atoms with Crippen LogP contribution in [0.3, 0.4) is 0 Å². The first-order valence-electron chi connectivity index (χ1n) is 4.15. The molecular weight excluding hydrogens is 216 g/mol. The molecule has 2 rings (SSSR count). The van der Waals surface area contributed by atoms with Crippen molar-refractivity contribution in [1.82, 2.24) is 4.98 Å². The molecule has 0 radical (unpaired) electrons. The van der Waals surface area contributed by atoms with E-state index in [0.29, 0.717) is 10.8 Å². The lowest BCUT2D eigenvalue weighted by Gasteiger charge is -1.95. The minimum absolute atomic E-state index is 0.602. The van der Waals surface area contributed by atoms with Crippen molar-refractivity contribution in [3.63, 3.8) is 0 Å². The van der Waals surface area contributed by atoms with Gasteiger partial charge < -0.3 is 5.73 Å². The lowest BCUT2D eigenvalue weighted by Crippen LogP contribution is -1.85. The van der Waals surface area contributed by atoms with Gasteiger partial charge in [0.2, 0.25) is 0 Å². The Balaban J connectivity index is 2.49. The van der Waals surface area contributed by atoms with Crippen molar-refractivity contribution >= 4 is 28.8 Å². The molecule has 0 bridgehead atoms. The molecule has 4 heteroatoms. The maximum atomic E-state index is 5.89. The van der Waals surface area contributed by atoms with Crippen LogP contribution in [0.2, 0.25) is 5.02 Å². The molecular formula is C10H9ClN2S. The number of aromatic nitrogens is 1. The smallest absolute Gasteiger partial charge is 0.138 e. The number of hydrogen-bond donors (Lipinski definition) is 1. The highest BCUT2D eigenvalue weighted by molar-refractivity contribution is 7.15.